The summed E-state index contributed by atoms with van der Waals surface area (Å²) >= 11 is 0. The van der Waals surface area contributed by atoms with Crippen molar-refractivity contribution in [2.75, 3.05) is 6.61 Å². The fourth-order valence-corrected chi connectivity index (χ4v) is 0.714. The number of aliphatic hydroxyl groups excluding tert-OH is 3. The molecule has 8 N–H and O–H groups in total. The zero-order valence-electron chi connectivity index (χ0n) is 6.87. The number of rotatable bonds is 5. The number of aliphatic hydroxyl groups is 4. The Morgan fingerprint density at radius 2 is 1.92 bits per heavy atom. The Labute approximate surface area is 74.6 Å². The summed E-state index contributed by atoms with van der Waals surface area (Å²) in [6.45, 7) is -0.799. The highest BCUT2D eigenvalue weighted by molar-refractivity contribution is 5.59. The molecule has 7 nitrogen and oxygen atoms in total. The Kier molecular flexibility index (Phi) is 4.40. The second-order valence-electron chi connectivity index (χ2n) is 2.74. The maximum absolute atomic E-state index is 10.1. The summed E-state index contributed by atoms with van der Waals surface area (Å²) in [7, 11) is 0. The molecule has 0 spiro atoms. The van der Waals surface area contributed by atoms with Gasteiger partial charge in [-0.05, 0) is 0 Å². The van der Waals surface area contributed by atoms with E-state index in [0.29, 0.717) is 0 Å². The molecular weight excluding hydrogens is 180 g/mol. The van der Waals surface area contributed by atoms with E-state index in [0.717, 1.165) is 0 Å². The van der Waals surface area contributed by atoms with E-state index in [1.54, 1.807) is 0 Å². The quantitative estimate of drug-likeness (QED) is 0.192. The van der Waals surface area contributed by atoms with E-state index >= 15 is 0 Å². The van der Waals surface area contributed by atoms with E-state index in [9.17, 15) is 9.90 Å². The highest BCUT2D eigenvalue weighted by atomic mass is 16.4. The lowest BCUT2D eigenvalue weighted by Crippen LogP contribution is -2.66. The third kappa shape index (κ3) is 2.69. The lowest BCUT2D eigenvalue weighted by atomic mass is 9.96. The summed E-state index contributed by atoms with van der Waals surface area (Å²) < 4.78 is 0. The zero-order valence-corrected chi connectivity index (χ0v) is 6.87. The summed E-state index contributed by atoms with van der Waals surface area (Å²) in [5.74, 6) is 0. The molecule has 13 heavy (non-hydrogen) atoms. The fraction of sp³-hybridized carbons (Fsp3) is 0.833. The Bertz CT molecular complexity index is 174. The topological polar surface area (TPSA) is 150 Å². The Morgan fingerprint density at radius 1 is 1.46 bits per heavy atom. The first-order valence-electron chi connectivity index (χ1n) is 3.57. The monoisotopic (exact) mass is 194 g/mol. The van der Waals surface area contributed by atoms with E-state index in [4.69, 9.17) is 26.8 Å². The average Bonchev–Trinajstić information content (AvgIpc) is 2.13. The maximum Gasteiger partial charge on any atom is 0.164 e. The molecular formula is C6H14N2O5. The lowest BCUT2D eigenvalue weighted by molar-refractivity contribution is -0.148. The van der Waals surface area contributed by atoms with Gasteiger partial charge in [0.2, 0.25) is 0 Å². The van der Waals surface area contributed by atoms with Crippen molar-refractivity contribution in [2.45, 2.75) is 24.0 Å². The summed E-state index contributed by atoms with van der Waals surface area (Å²) in [6.07, 6.45) is -3.41. The van der Waals surface area contributed by atoms with Crippen molar-refractivity contribution < 1.29 is 25.2 Å². The minimum absolute atomic E-state index is 0.132. The molecule has 0 unspecified atom stereocenters. The SMILES string of the molecule is N[C@@H](C=O)[C@@](N)(O)[C@H](O)[C@H](O)CO. The van der Waals surface area contributed by atoms with Gasteiger partial charge in [0.15, 0.2) is 5.72 Å². The number of carbonyl (C=O) groups is 1. The molecule has 0 aliphatic heterocycles. The van der Waals surface area contributed by atoms with Crippen LogP contribution < -0.4 is 11.5 Å². The maximum atomic E-state index is 10.1. The number of carbonyl (C=O) groups excluding carboxylic acids is 1. The molecule has 0 heterocycles. The predicted octanol–water partition coefficient (Wildman–Crippen LogP) is -4.13. The van der Waals surface area contributed by atoms with Crippen LogP contribution in [0.5, 0.6) is 0 Å². The van der Waals surface area contributed by atoms with Crippen LogP contribution in [0, 0.1) is 0 Å². The van der Waals surface area contributed by atoms with Gasteiger partial charge in [-0.15, -0.1) is 0 Å². The zero-order chi connectivity index (χ0) is 10.6. The number of nitrogens with two attached hydrogens (primary N) is 2. The molecule has 4 atom stereocenters. The van der Waals surface area contributed by atoms with Crippen LogP contribution in [0.3, 0.4) is 0 Å². The molecule has 0 rings (SSSR count). The van der Waals surface area contributed by atoms with E-state index in [2.05, 4.69) is 0 Å². The first-order valence-corrected chi connectivity index (χ1v) is 3.57. The second kappa shape index (κ2) is 4.61. The summed E-state index contributed by atoms with van der Waals surface area (Å²) in [6, 6.07) is -1.54. The van der Waals surface area contributed by atoms with Crippen LogP contribution in [-0.4, -0.2) is 57.3 Å². The van der Waals surface area contributed by atoms with Crippen molar-refractivity contribution in [1.29, 1.82) is 0 Å². The minimum atomic E-state index is -2.45. The summed E-state index contributed by atoms with van der Waals surface area (Å²) in [5.41, 5.74) is 7.66. The van der Waals surface area contributed by atoms with Crippen molar-refractivity contribution in [3.63, 3.8) is 0 Å². The molecule has 0 aliphatic carbocycles. The lowest BCUT2D eigenvalue weighted by Gasteiger charge is -2.33. The second-order valence-corrected chi connectivity index (χ2v) is 2.74. The van der Waals surface area contributed by atoms with Crippen LogP contribution in [0.1, 0.15) is 0 Å². The smallest absolute Gasteiger partial charge is 0.164 e. The Morgan fingerprint density at radius 3 is 2.23 bits per heavy atom. The van der Waals surface area contributed by atoms with Crippen LogP contribution in [0.15, 0.2) is 0 Å². The van der Waals surface area contributed by atoms with E-state index in [1.165, 1.54) is 0 Å². The minimum Gasteiger partial charge on any atom is -0.394 e. The normalized spacial score (nSPS) is 22.9. The van der Waals surface area contributed by atoms with Crippen molar-refractivity contribution in [2.24, 2.45) is 11.5 Å². The van der Waals surface area contributed by atoms with E-state index < -0.39 is 30.6 Å². The molecule has 0 aromatic carbocycles. The van der Waals surface area contributed by atoms with Crippen LogP contribution in [-0.2, 0) is 4.79 Å². The number of aldehydes is 1. The molecule has 78 valence electrons. The van der Waals surface area contributed by atoms with E-state index in [1.807, 2.05) is 0 Å². The number of hydrogen-bond acceptors (Lipinski definition) is 7. The molecule has 0 aromatic rings. The molecule has 7 heteroatoms. The van der Waals surface area contributed by atoms with Gasteiger partial charge in [-0.2, -0.15) is 0 Å². The van der Waals surface area contributed by atoms with E-state index in [-0.39, 0.29) is 6.29 Å². The van der Waals surface area contributed by atoms with Gasteiger partial charge in [0, 0.05) is 0 Å². The molecule has 0 saturated carbocycles. The van der Waals surface area contributed by atoms with Gasteiger partial charge in [0.05, 0.1) is 6.61 Å². The third-order valence-corrected chi connectivity index (χ3v) is 1.71. The molecule has 0 aromatic heterocycles. The predicted molar refractivity (Wildman–Crippen MR) is 42.3 cm³/mol. The van der Waals surface area contributed by atoms with Gasteiger partial charge < -0.3 is 31.0 Å². The van der Waals surface area contributed by atoms with Crippen LogP contribution in [0.25, 0.3) is 0 Å². The third-order valence-electron chi connectivity index (χ3n) is 1.71. The van der Waals surface area contributed by atoms with Crippen molar-refractivity contribution >= 4 is 6.29 Å². The molecule has 0 saturated heterocycles. The fourth-order valence-electron chi connectivity index (χ4n) is 0.714. The van der Waals surface area contributed by atoms with Gasteiger partial charge in [-0.1, -0.05) is 0 Å². The first-order chi connectivity index (χ1) is 5.87. The highest BCUT2D eigenvalue weighted by Gasteiger charge is 2.41. The Balaban J connectivity index is 4.51. The van der Waals surface area contributed by atoms with Crippen LogP contribution in [0.2, 0.25) is 0 Å². The van der Waals surface area contributed by atoms with Crippen molar-refractivity contribution in [1.82, 2.24) is 0 Å². The van der Waals surface area contributed by atoms with Gasteiger partial charge in [0.25, 0.3) is 0 Å². The van der Waals surface area contributed by atoms with Crippen molar-refractivity contribution in [3.8, 4) is 0 Å². The van der Waals surface area contributed by atoms with Gasteiger partial charge in [0.1, 0.15) is 24.5 Å². The van der Waals surface area contributed by atoms with Crippen LogP contribution in [0.4, 0.5) is 0 Å². The standard InChI is InChI=1S/C6H14N2O5/c7-4(2-10)6(8,13)5(12)3(11)1-9/h2-5,9,11-13H,1,7-8H2/t3-,4+,5-,6-/m1/s1. The first kappa shape index (κ1) is 12.4. The highest BCUT2D eigenvalue weighted by Crippen LogP contribution is 2.09. The Hall–Kier alpha value is -0.570. The van der Waals surface area contributed by atoms with Gasteiger partial charge in [-0.3, -0.25) is 5.73 Å². The van der Waals surface area contributed by atoms with Crippen LogP contribution >= 0.6 is 0 Å². The average molecular weight is 194 g/mol. The summed E-state index contributed by atoms with van der Waals surface area (Å²) in [5, 5.41) is 35.7. The molecule has 0 bridgehead atoms. The van der Waals surface area contributed by atoms with Gasteiger partial charge >= 0.3 is 0 Å². The molecule has 0 radical (unpaired) electrons. The molecule has 0 aliphatic rings. The van der Waals surface area contributed by atoms with Gasteiger partial charge in [-0.25, -0.2) is 0 Å². The largest absolute Gasteiger partial charge is 0.394 e. The summed E-state index contributed by atoms with van der Waals surface area (Å²) in [4.78, 5) is 10.1. The van der Waals surface area contributed by atoms with Crippen molar-refractivity contribution in [3.05, 3.63) is 0 Å². The molecule has 0 amide bonds. The molecule has 0 fully saturated rings. The number of hydrogen-bond donors (Lipinski definition) is 6.